The second-order valence-corrected chi connectivity index (χ2v) is 8.54. The summed E-state index contributed by atoms with van der Waals surface area (Å²) >= 11 is 0. The Morgan fingerprint density at radius 3 is 2.83 bits per heavy atom. The van der Waals surface area contributed by atoms with Crippen molar-refractivity contribution >= 4 is 5.91 Å². The number of benzene rings is 1. The lowest BCUT2D eigenvalue weighted by Gasteiger charge is -2.27. The number of aryl methyl sites for hydroxylation is 2. The molecule has 156 valence electrons. The maximum atomic E-state index is 12.9. The van der Waals surface area contributed by atoms with E-state index in [0.29, 0.717) is 12.2 Å². The van der Waals surface area contributed by atoms with Crippen molar-refractivity contribution in [1.29, 1.82) is 0 Å². The molecule has 1 atom stereocenters. The number of aromatic nitrogens is 4. The van der Waals surface area contributed by atoms with Crippen molar-refractivity contribution in [3.63, 3.8) is 0 Å². The van der Waals surface area contributed by atoms with Gasteiger partial charge in [0, 0.05) is 69.1 Å². The van der Waals surface area contributed by atoms with Gasteiger partial charge < -0.3 is 4.90 Å². The van der Waals surface area contributed by atoms with Gasteiger partial charge in [0.15, 0.2) is 5.69 Å². The van der Waals surface area contributed by atoms with E-state index in [0.717, 1.165) is 50.4 Å². The Morgan fingerprint density at radius 1 is 1.23 bits per heavy atom. The topological polar surface area (TPSA) is 70.1 Å². The summed E-state index contributed by atoms with van der Waals surface area (Å²) in [4.78, 5) is 17.3. The first kappa shape index (κ1) is 19.1. The van der Waals surface area contributed by atoms with Gasteiger partial charge in [-0.2, -0.15) is 10.2 Å². The molecule has 0 radical (unpaired) electrons. The highest BCUT2D eigenvalue weighted by Crippen LogP contribution is 2.33. The lowest BCUT2D eigenvalue weighted by molar-refractivity contribution is 0.0784. The average molecular weight is 405 g/mol. The third kappa shape index (κ3) is 3.54. The molecule has 0 aliphatic carbocycles. The van der Waals surface area contributed by atoms with Crippen molar-refractivity contribution in [3.8, 4) is 0 Å². The second-order valence-electron chi connectivity index (χ2n) is 8.54. The first-order chi connectivity index (χ1) is 14.6. The minimum atomic E-state index is 0.0244. The molecule has 0 saturated carbocycles. The number of aromatic amines is 1. The van der Waals surface area contributed by atoms with E-state index < -0.39 is 0 Å². The number of carbonyl (C=O) groups excluding carboxylic acids is 1. The summed E-state index contributed by atoms with van der Waals surface area (Å²) in [5.74, 6) is 0.312. The van der Waals surface area contributed by atoms with Crippen LogP contribution < -0.4 is 0 Å². The van der Waals surface area contributed by atoms with Crippen molar-refractivity contribution in [2.45, 2.75) is 38.8 Å². The summed E-state index contributed by atoms with van der Waals surface area (Å²) in [7, 11) is 1.87. The predicted molar refractivity (Wildman–Crippen MR) is 114 cm³/mol. The van der Waals surface area contributed by atoms with Crippen LogP contribution in [0.15, 0.2) is 36.4 Å². The van der Waals surface area contributed by atoms with Gasteiger partial charge in [0.1, 0.15) is 0 Å². The number of carbonyl (C=O) groups is 1. The van der Waals surface area contributed by atoms with E-state index in [9.17, 15) is 4.79 Å². The first-order valence-corrected chi connectivity index (χ1v) is 10.7. The molecule has 4 heterocycles. The highest BCUT2D eigenvalue weighted by Gasteiger charge is 2.33. The zero-order chi connectivity index (χ0) is 20.7. The van der Waals surface area contributed by atoms with Gasteiger partial charge in [-0.05, 0) is 25.0 Å². The monoisotopic (exact) mass is 404 g/mol. The molecule has 2 aliphatic heterocycles. The Morgan fingerprint density at radius 2 is 2.07 bits per heavy atom. The fourth-order valence-corrected chi connectivity index (χ4v) is 4.68. The largest absolute Gasteiger partial charge is 0.337 e. The molecule has 1 fully saturated rings. The lowest BCUT2D eigenvalue weighted by Crippen LogP contribution is -2.31. The smallest absolute Gasteiger partial charge is 0.274 e. The minimum Gasteiger partial charge on any atom is -0.337 e. The van der Waals surface area contributed by atoms with Crippen LogP contribution in [0.2, 0.25) is 0 Å². The third-order valence-corrected chi connectivity index (χ3v) is 6.49. The summed E-state index contributed by atoms with van der Waals surface area (Å²) in [5, 5.41) is 12.3. The molecule has 7 heteroatoms. The number of hydrogen-bond donors (Lipinski definition) is 1. The predicted octanol–water partition coefficient (Wildman–Crippen LogP) is 2.64. The number of nitrogens with zero attached hydrogens (tertiary/aromatic N) is 5. The van der Waals surface area contributed by atoms with Gasteiger partial charge in [-0.25, -0.2) is 0 Å². The molecular weight excluding hydrogens is 376 g/mol. The lowest BCUT2D eigenvalue weighted by atomic mass is 9.96. The highest BCUT2D eigenvalue weighted by molar-refractivity contribution is 5.92. The van der Waals surface area contributed by atoms with Crippen molar-refractivity contribution in [3.05, 3.63) is 70.3 Å². The molecule has 5 rings (SSSR count). The fourth-order valence-electron chi connectivity index (χ4n) is 4.68. The van der Waals surface area contributed by atoms with Gasteiger partial charge >= 0.3 is 0 Å². The van der Waals surface area contributed by atoms with Crippen LogP contribution in [-0.4, -0.2) is 55.3 Å². The molecule has 3 aromatic rings. The molecule has 0 spiro atoms. The second kappa shape index (κ2) is 7.72. The zero-order valence-electron chi connectivity index (χ0n) is 17.6. The first-order valence-electron chi connectivity index (χ1n) is 10.7. The molecule has 30 heavy (non-hydrogen) atoms. The maximum Gasteiger partial charge on any atom is 0.274 e. The highest BCUT2D eigenvalue weighted by atomic mass is 16.2. The van der Waals surface area contributed by atoms with Gasteiger partial charge in [-0.1, -0.05) is 30.3 Å². The van der Waals surface area contributed by atoms with Crippen LogP contribution in [0, 0.1) is 6.92 Å². The van der Waals surface area contributed by atoms with E-state index in [4.69, 9.17) is 5.10 Å². The van der Waals surface area contributed by atoms with E-state index in [2.05, 4.69) is 45.4 Å². The summed E-state index contributed by atoms with van der Waals surface area (Å²) in [6.45, 7) is 6.35. The fraction of sp³-hybridized carbons (Fsp3) is 0.435. The van der Waals surface area contributed by atoms with Crippen molar-refractivity contribution in [1.82, 2.24) is 29.8 Å². The van der Waals surface area contributed by atoms with E-state index in [1.807, 2.05) is 24.9 Å². The number of hydrogen-bond acceptors (Lipinski definition) is 4. The normalized spacial score (nSPS) is 19.3. The molecule has 1 N–H and O–H groups in total. The Bertz CT molecular complexity index is 1030. The summed E-state index contributed by atoms with van der Waals surface area (Å²) < 4.78 is 1.76. The van der Waals surface area contributed by atoms with E-state index in [-0.39, 0.29) is 11.8 Å². The van der Waals surface area contributed by atoms with Gasteiger partial charge in [0.25, 0.3) is 5.91 Å². The zero-order valence-corrected chi connectivity index (χ0v) is 17.6. The molecule has 1 amide bonds. The van der Waals surface area contributed by atoms with Crippen molar-refractivity contribution in [2.24, 2.45) is 7.05 Å². The van der Waals surface area contributed by atoms with E-state index >= 15 is 0 Å². The Kier molecular flexibility index (Phi) is 4.90. The minimum absolute atomic E-state index is 0.0244. The average Bonchev–Trinajstić information content (AvgIpc) is 3.47. The number of fused-ring (bicyclic) bond motifs is 1. The third-order valence-electron chi connectivity index (χ3n) is 6.49. The standard InChI is InChI=1S/C23H28N6O/c1-16-12-21(26-27(16)2)23(30)29-11-8-18(14-29)22-19-15-28(10-9-20(19)24-25-22)13-17-6-4-3-5-7-17/h3-7,12,18H,8-11,13-15H2,1-2H3,(H,24,25). The quantitative estimate of drug-likeness (QED) is 0.726. The number of rotatable bonds is 4. The van der Waals surface area contributed by atoms with Gasteiger partial charge in [0.2, 0.25) is 0 Å². The van der Waals surface area contributed by atoms with Crippen LogP contribution in [0.3, 0.4) is 0 Å². The number of likely N-dealkylation sites (tertiary alicyclic amines) is 1. The number of H-pyrrole nitrogens is 1. The summed E-state index contributed by atoms with van der Waals surface area (Å²) in [6, 6.07) is 12.5. The molecule has 2 aliphatic rings. The van der Waals surface area contributed by atoms with Crippen LogP contribution >= 0.6 is 0 Å². The van der Waals surface area contributed by atoms with Crippen LogP contribution in [0.25, 0.3) is 0 Å². The SMILES string of the molecule is Cc1cc(C(=O)N2CCC(c3n[nH]c4c3CN(Cc3ccccc3)CC4)C2)nn1C. The van der Waals surface area contributed by atoms with Gasteiger partial charge in [-0.15, -0.1) is 0 Å². The summed E-state index contributed by atoms with van der Waals surface area (Å²) in [5.41, 5.74) is 6.62. The molecule has 0 bridgehead atoms. The molecular formula is C23H28N6O. The molecule has 2 aromatic heterocycles. The summed E-state index contributed by atoms with van der Waals surface area (Å²) in [6.07, 6.45) is 1.95. The Hall–Kier alpha value is -2.93. The molecule has 7 nitrogen and oxygen atoms in total. The molecule has 1 unspecified atom stereocenters. The van der Waals surface area contributed by atoms with E-state index in [1.165, 1.54) is 16.8 Å². The van der Waals surface area contributed by atoms with Gasteiger partial charge in [-0.3, -0.25) is 19.5 Å². The van der Waals surface area contributed by atoms with Gasteiger partial charge in [0.05, 0.1) is 5.69 Å². The van der Waals surface area contributed by atoms with E-state index in [1.54, 1.807) is 4.68 Å². The van der Waals surface area contributed by atoms with Crippen molar-refractivity contribution < 1.29 is 4.79 Å². The molecule has 1 aromatic carbocycles. The van der Waals surface area contributed by atoms with Crippen molar-refractivity contribution in [2.75, 3.05) is 19.6 Å². The van der Waals surface area contributed by atoms with Crippen LogP contribution in [0.5, 0.6) is 0 Å². The Balaban J connectivity index is 1.29. The molecule has 1 saturated heterocycles. The maximum absolute atomic E-state index is 12.9. The van der Waals surface area contributed by atoms with Crippen LogP contribution in [-0.2, 0) is 26.6 Å². The Labute approximate surface area is 176 Å². The van der Waals surface area contributed by atoms with Crippen LogP contribution in [0.1, 0.15) is 51.0 Å². The number of amides is 1. The number of nitrogens with one attached hydrogen (secondary N) is 1. The van der Waals surface area contributed by atoms with Crippen LogP contribution in [0.4, 0.5) is 0 Å².